The van der Waals surface area contributed by atoms with Crippen LogP contribution in [0.4, 0.5) is 23.3 Å². The van der Waals surface area contributed by atoms with Crippen molar-refractivity contribution in [1.82, 2.24) is 9.97 Å². The van der Waals surface area contributed by atoms with Gasteiger partial charge in [-0.25, -0.2) is 0 Å². The topological polar surface area (TPSA) is 101 Å². The van der Waals surface area contributed by atoms with Gasteiger partial charge in [0.2, 0.25) is 17.6 Å². The fraction of sp³-hybridized carbons (Fsp3) is 0.765. The fourth-order valence-electron chi connectivity index (χ4n) is 4.09. The van der Waals surface area contributed by atoms with Gasteiger partial charge in [0, 0.05) is 26.2 Å². The molecule has 25 heavy (non-hydrogen) atoms. The van der Waals surface area contributed by atoms with Gasteiger partial charge in [-0.1, -0.05) is 26.7 Å². The maximum absolute atomic E-state index is 11.6. The molecular formula is C17H28N6O2. The van der Waals surface area contributed by atoms with E-state index in [1.807, 2.05) is 4.90 Å². The van der Waals surface area contributed by atoms with Gasteiger partial charge in [0.15, 0.2) is 0 Å². The molecular weight excluding hydrogens is 320 g/mol. The van der Waals surface area contributed by atoms with Gasteiger partial charge in [0.25, 0.3) is 0 Å². The molecule has 3 rings (SSSR count). The molecule has 3 heterocycles. The standard InChI is InChI=1S/C17H28N6O2/c1-12-9-13(2)11-22(10-12)16-14(23(24)25)15(18)19-17(20-16)21-7-5-3-4-6-8-21/h12-13H,3-11H2,1-2H3,(H2,18,19,20)/t12-,13-/m1/s1. The lowest BCUT2D eigenvalue weighted by molar-refractivity contribution is -0.383. The second kappa shape index (κ2) is 7.41. The number of nitrogens with two attached hydrogens (primary N) is 1. The minimum absolute atomic E-state index is 0.0277. The van der Waals surface area contributed by atoms with Gasteiger partial charge in [-0.15, -0.1) is 0 Å². The van der Waals surface area contributed by atoms with Crippen LogP contribution < -0.4 is 15.5 Å². The normalized spacial score (nSPS) is 24.9. The Morgan fingerprint density at radius 1 is 1.04 bits per heavy atom. The first kappa shape index (κ1) is 17.7. The van der Waals surface area contributed by atoms with Gasteiger partial charge in [-0.05, 0) is 31.1 Å². The number of nitrogen functional groups attached to an aromatic ring is 1. The maximum Gasteiger partial charge on any atom is 0.353 e. The SMILES string of the molecule is C[C@@H]1C[C@@H](C)CN(c2nc(N3CCCCCC3)nc(N)c2[N+](=O)[O-])C1. The molecule has 1 aromatic rings. The van der Waals surface area contributed by atoms with Crippen LogP contribution in [0.1, 0.15) is 46.0 Å². The largest absolute Gasteiger partial charge is 0.378 e. The Morgan fingerprint density at radius 2 is 1.64 bits per heavy atom. The second-order valence-electron chi connectivity index (χ2n) is 7.59. The van der Waals surface area contributed by atoms with Gasteiger partial charge in [-0.3, -0.25) is 10.1 Å². The van der Waals surface area contributed by atoms with Gasteiger partial charge in [0.1, 0.15) is 0 Å². The summed E-state index contributed by atoms with van der Waals surface area (Å²) in [5.74, 6) is 1.84. The van der Waals surface area contributed by atoms with E-state index in [1.54, 1.807) is 0 Å². The number of anilines is 3. The Labute approximate surface area is 148 Å². The molecule has 0 aliphatic carbocycles. The summed E-state index contributed by atoms with van der Waals surface area (Å²) in [4.78, 5) is 24.2. The summed E-state index contributed by atoms with van der Waals surface area (Å²) in [7, 11) is 0. The third-order valence-electron chi connectivity index (χ3n) is 5.12. The molecule has 2 N–H and O–H groups in total. The smallest absolute Gasteiger partial charge is 0.353 e. The first-order valence-corrected chi connectivity index (χ1v) is 9.27. The highest BCUT2D eigenvalue weighted by Gasteiger charge is 2.32. The summed E-state index contributed by atoms with van der Waals surface area (Å²) in [6.45, 7) is 7.64. The Hall–Kier alpha value is -2.12. The van der Waals surface area contributed by atoms with Crippen molar-refractivity contribution in [3.05, 3.63) is 10.1 Å². The van der Waals surface area contributed by atoms with Crippen LogP contribution in [0.25, 0.3) is 0 Å². The Kier molecular flexibility index (Phi) is 5.24. The lowest BCUT2D eigenvalue weighted by Gasteiger charge is -2.35. The molecule has 2 atom stereocenters. The summed E-state index contributed by atoms with van der Waals surface area (Å²) in [6, 6.07) is 0. The molecule has 2 fully saturated rings. The number of rotatable bonds is 3. The first-order chi connectivity index (χ1) is 12.0. The summed E-state index contributed by atoms with van der Waals surface area (Å²) >= 11 is 0. The van der Waals surface area contributed by atoms with Crippen molar-refractivity contribution in [2.45, 2.75) is 46.0 Å². The molecule has 2 aliphatic heterocycles. The third-order valence-corrected chi connectivity index (χ3v) is 5.12. The minimum atomic E-state index is -0.444. The highest BCUT2D eigenvalue weighted by molar-refractivity contribution is 5.71. The van der Waals surface area contributed by atoms with Gasteiger partial charge in [0.05, 0.1) is 4.92 Å². The van der Waals surface area contributed by atoms with Crippen LogP contribution in [0, 0.1) is 22.0 Å². The maximum atomic E-state index is 11.6. The number of nitrogens with zero attached hydrogens (tertiary/aromatic N) is 5. The number of nitro groups is 1. The highest BCUT2D eigenvalue weighted by atomic mass is 16.6. The van der Waals surface area contributed by atoms with E-state index in [4.69, 9.17) is 5.73 Å². The van der Waals surface area contributed by atoms with E-state index in [2.05, 4.69) is 28.7 Å². The van der Waals surface area contributed by atoms with Gasteiger partial charge >= 0.3 is 5.69 Å². The zero-order valence-corrected chi connectivity index (χ0v) is 15.1. The monoisotopic (exact) mass is 348 g/mol. The summed E-state index contributed by atoms with van der Waals surface area (Å²) in [5.41, 5.74) is 5.85. The Balaban J connectivity index is 1.99. The lowest BCUT2D eigenvalue weighted by atomic mass is 9.92. The molecule has 2 saturated heterocycles. The van der Waals surface area contributed by atoms with Crippen molar-refractivity contribution in [2.75, 3.05) is 41.7 Å². The molecule has 8 heteroatoms. The number of hydrogen-bond acceptors (Lipinski definition) is 7. The zero-order valence-electron chi connectivity index (χ0n) is 15.1. The molecule has 0 amide bonds. The van der Waals surface area contributed by atoms with Crippen LogP contribution in [0.3, 0.4) is 0 Å². The number of piperidine rings is 1. The van der Waals surface area contributed by atoms with E-state index in [0.717, 1.165) is 45.4 Å². The van der Waals surface area contributed by atoms with Crippen molar-refractivity contribution >= 4 is 23.3 Å². The molecule has 0 unspecified atom stereocenters. The Bertz CT molecular complexity index is 620. The van der Waals surface area contributed by atoms with Gasteiger partial charge < -0.3 is 15.5 Å². The van der Waals surface area contributed by atoms with Crippen molar-refractivity contribution < 1.29 is 4.92 Å². The van der Waals surface area contributed by atoms with E-state index < -0.39 is 4.92 Å². The molecule has 0 aromatic carbocycles. The molecule has 0 radical (unpaired) electrons. The molecule has 0 saturated carbocycles. The molecule has 8 nitrogen and oxygen atoms in total. The van der Waals surface area contributed by atoms with Crippen molar-refractivity contribution in [3.63, 3.8) is 0 Å². The van der Waals surface area contributed by atoms with E-state index >= 15 is 0 Å². The van der Waals surface area contributed by atoms with Crippen LogP contribution in [0.2, 0.25) is 0 Å². The fourth-order valence-corrected chi connectivity index (χ4v) is 4.09. The minimum Gasteiger partial charge on any atom is -0.378 e. The lowest BCUT2D eigenvalue weighted by Crippen LogP contribution is -2.40. The average molecular weight is 348 g/mol. The number of aromatic nitrogens is 2. The van der Waals surface area contributed by atoms with Crippen molar-refractivity contribution in [2.24, 2.45) is 11.8 Å². The molecule has 0 spiro atoms. The van der Waals surface area contributed by atoms with Crippen LogP contribution in [-0.4, -0.2) is 41.1 Å². The van der Waals surface area contributed by atoms with Crippen molar-refractivity contribution in [1.29, 1.82) is 0 Å². The predicted octanol–water partition coefficient (Wildman–Crippen LogP) is 2.83. The highest BCUT2D eigenvalue weighted by Crippen LogP contribution is 2.36. The third kappa shape index (κ3) is 3.93. The molecule has 2 aliphatic rings. The summed E-state index contributed by atoms with van der Waals surface area (Å²) in [5, 5.41) is 11.6. The second-order valence-corrected chi connectivity index (χ2v) is 7.59. The predicted molar refractivity (Wildman–Crippen MR) is 98.9 cm³/mol. The van der Waals surface area contributed by atoms with Crippen LogP contribution in [0.5, 0.6) is 0 Å². The van der Waals surface area contributed by atoms with E-state index in [1.165, 1.54) is 12.8 Å². The Morgan fingerprint density at radius 3 is 2.20 bits per heavy atom. The van der Waals surface area contributed by atoms with Crippen LogP contribution in [0.15, 0.2) is 0 Å². The quantitative estimate of drug-likeness (QED) is 0.662. The molecule has 138 valence electrons. The summed E-state index contributed by atoms with van der Waals surface area (Å²) < 4.78 is 0. The van der Waals surface area contributed by atoms with E-state index in [0.29, 0.717) is 23.6 Å². The summed E-state index contributed by atoms with van der Waals surface area (Å²) in [6.07, 6.45) is 5.71. The number of hydrogen-bond donors (Lipinski definition) is 1. The zero-order chi connectivity index (χ0) is 18.0. The first-order valence-electron chi connectivity index (χ1n) is 9.27. The van der Waals surface area contributed by atoms with E-state index in [9.17, 15) is 10.1 Å². The van der Waals surface area contributed by atoms with Gasteiger partial charge in [-0.2, -0.15) is 9.97 Å². The van der Waals surface area contributed by atoms with Crippen LogP contribution in [-0.2, 0) is 0 Å². The average Bonchev–Trinajstić information content (AvgIpc) is 2.82. The van der Waals surface area contributed by atoms with Crippen molar-refractivity contribution in [3.8, 4) is 0 Å². The molecule has 0 bridgehead atoms. The molecule has 1 aromatic heterocycles. The van der Waals surface area contributed by atoms with E-state index in [-0.39, 0.29) is 11.5 Å². The van der Waals surface area contributed by atoms with Crippen LogP contribution >= 0.6 is 0 Å².